The molecule has 1 rings (SSSR count). The first-order valence-corrected chi connectivity index (χ1v) is 4.15. The first-order chi connectivity index (χ1) is 6.02. The Kier molecular flexibility index (Phi) is 2.65. The predicted octanol–water partition coefficient (Wildman–Crippen LogP) is 0.941. The van der Waals surface area contributed by atoms with Crippen molar-refractivity contribution in [2.45, 2.75) is 27.3 Å². The molecule has 0 atom stereocenters. The Morgan fingerprint density at radius 1 is 1.62 bits per heavy atom. The number of carboxylic acid groups (broad SMARTS) is 1. The third kappa shape index (κ3) is 2.05. The van der Waals surface area contributed by atoms with Gasteiger partial charge in [0.05, 0.1) is 5.69 Å². The van der Waals surface area contributed by atoms with Crippen LogP contribution in [0.2, 0.25) is 0 Å². The predicted molar refractivity (Wildman–Crippen MR) is 46.6 cm³/mol. The van der Waals surface area contributed by atoms with Crippen molar-refractivity contribution in [3.8, 4) is 0 Å². The van der Waals surface area contributed by atoms with E-state index in [1.807, 2.05) is 13.8 Å². The molecule has 1 aromatic rings. The average molecular weight is 183 g/mol. The molecule has 0 saturated heterocycles. The molecule has 5 heteroatoms. The zero-order valence-corrected chi connectivity index (χ0v) is 7.98. The Morgan fingerprint density at radius 3 is 2.69 bits per heavy atom. The van der Waals surface area contributed by atoms with Crippen LogP contribution in [0, 0.1) is 12.8 Å². The van der Waals surface area contributed by atoms with E-state index in [-0.39, 0.29) is 5.69 Å². The molecule has 5 nitrogen and oxygen atoms in total. The molecule has 0 aliphatic rings. The Morgan fingerprint density at radius 2 is 2.23 bits per heavy atom. The number of hydrogen-bond acceptors (Lipinski definition) is 3. The van der Waals surface area contributed by atoms with Gasteiger partial charge in [-0.3, -0.25) is 0 Å². The second kappa shape index (κ2) is 3.55. The minimum atomic E-state index is -0.969. The molecule has 1 aromatic heterocycles. The zero-order chi connectivity index (χ0) is 10.0. The Balaban J connectivity index is 3.00. The number of nitrogens with zero attached hydrogens (tertiary/aromatic N) is 3. The monoisotopic (exact) mass is 183 g/mol. The van der Waals surface area contributed by atoms with Gasteiger partial charge < -0.3 is 5.11 Å². The maximum Gasteiger partial charge on any atom is 0.356 e. The number of hydrogen-bond donors (Lipinski definition) is 1. The summed E-state index contributed by atoms with van der Waals surface area (Å²) in [7, 11) is 0. The van der Waals surface area contributed by atoms with Gasteiger partial charge in [0, 0.05) is 6.54 Å². The van der Waals surface area contributed by atoms with Gasteiger partial charge >= 0.3 is 5.97 Å². The molecular weight excluding hydrogens is 170 g/mol. The van der Waals surface area contributed by atoms with Crippen molar-refractivity contribution in [3.63, 3.8) is 0 Å². The molecule has 0 fully saturated rings. The second-order valence-corrected chi connectivity index (χ2v) is 3.40. The minimum absolute atomic E-state index is 0.189. The summed E-state index contributed by atoms with van der Waals surface area (Å²) < 4.78 is 1.43. The third-order valence-electron chi connectivity index (χ3n) is 1.64. The molecule has 0 bridgehead atoms. The molecule has 0 saturated carbocycles. The second-order valence-electron chi connectivity index (χ2n) is 3.40. The Labute approximate surface area is 76.4 Å². The van der Waals surface area contributed by atoms with Crippen LogP contribution in [0.1, 0.15) is 30.0 Å². The van der Waals surface area contributed by atoms with Gasteiger partial charge in [-0.1, -0.05) is 19.1 Å². The van der Waals surface area contributed by atoms with Gasteiger partial charge in [-0.05, 0) is 12.8 Å². The van der Waals surface area contributed by atoms with Gasteiger partial charge in [0.2, 0.25) is 0 Å². The summed E-state index contributed by atoms with van der Waals surface area (Å²) in [5, 5.41) is 16.3. The number of aromatic nitrogens is 3. The highest BCUT2D eigenvalue weighted by atomic mass is 16.4. The van der Waals surface area contributed by atoms with Crippen molar-refractivity contribution in [1.29, 1.82) is 0 Å². The van der Waals surface area contributed by atoms with Crippen LogP contribution in [0.4, 0.5) is 0 Å². The number of rotatable bonds is 3. The van der Waals surface area contributed by atoms with Crippen LogP contribution >= 0.6 is 0 Å². The first kappa shape index (κ1) is 9.70. The van der Waals surface area contributed by atoms with Crippen molar-refractivity contribution in [3.05, 3.63) is 11.4 Å². The molecule has 0 aliphatic carbocycles. The van der Waals surface area contributed by atoms with Gasteiger partial charge in [-0.2, -0.15) is 0 Å². The molecule has 0 amide bonds. The van der Waals surface area contributed by atoms with E-state index in [0.717, 1.165) is 0 Å². The van der Waals surface area contributed by atoms with Crippen molar-refractivity contribution in [2.75, 3.05) is 0 Å². The fourth-order valence-electron chi connectivity index (χ4n) is 1.14. The molecule has 1 heterocycles. The fraction of sp³-hybridized carbons (Fsp3) is 0.625. The van der Waals surface area contributed by atoms with Crippen LogP contribution < -0.4 is 0 Å². The molecule has 0 spiro atoms. The number of carbonyl (C=O) groups is 1. The highest BCUT2D eigenvalue weighted by molar-refractivity contribution is 5.86. The molecule has 0 aliphatic heterocycles. The highest BCUT2D eigenvalue weighted by Crippen LogP contribution is 2.06. The van der Waals surface area contributed by atoms with Crippen LogP contribution in [0.3, 0.4) is 0 Å². The lowest BCUT2D eigenvalue weighted by Crippen LogP contribution is -2.14. The lowest BCUT2D eigenvalue weighted by molar-refractivity contribution is 0.0681. The summed E-state index contributed by atoms with van der Waals surface area (Å²) in [5.41, 5.74) is 0.654. The smallest absolute Gasteiger partial charge is 0.356 e. The van der Waals surface area contributed by atoms with Crippen LogP contribution in [-0.2, 0) is 6.54 Å². The Hall–Kier alpha value is -1.39. The van der Waals surface area contributed by atoms with Crippen LogP contribution in [-0.4, -0.2) is 26.1 Å². The molecule has 0 unspecified atom stereocenters. The van der Waals surface area contributed by atoms with Crippen molar-refractivity contribution in [2.24, 2.45) is 5.92 Å². The summed E-state index contributed by atoms with van der Waals surface area (Å²) in [6.07, 6.45) is 0. The molecular formula is C8H13N3O2. The number of aromatic carboxylic acids is 1. The fourth-order valence-corrected chi connectivity index (χ4v) is 1.14. The van der Waals surface area contributed by atoms with Crippen LogP contribution in [0.25, 0.3) is 0 Å². The van der Waals surface area contributed by atoms with Gasteiger partial charge in [-0.25, -0.2) is 9.48 Å². The maximum absolute atomic E-state index is 10.8. The maximum atomic E-state index is 10.8. The molecule has 0 radical (unpaired) electrons. The summed E-state index contributed by atoms with van der Waals surface area (Å²) in [6, 6.07) is 0. The summed E-state index contributed by atoms with van der Waals surface area (Å²) in [6.45, 7) is 6.24. The topological polar surface area (TPSA) is 68.0 Å². The SMILES string of the molecule is Cc1nnn(CC(C)C)c1C(=O)O. The minimum Gasteiger partial charge on any atom is -0.476 e. The molecule has 13 heavy (non-hydrogen) atoms. The Bertz CT molecular complexity index is 317. The van der Waals surface area contributed by atoms with Crippen molar-refractivity contribution < 1.29 is 9.90 Å². The van der Waals surface area contributed by atoms with E-state index >= 15 is 0 Å². The normalized spacial score (nSPS) is 10.8. The average Bonchev–Trinajstić information content (AvgIpc) is 2.30. The van der Waals surface area contributed by atoms with Gasteiger partial charge in [0.1, 0.15) is 0 Å². The van der Waals surface area contributed by atoms with E-state index in [1.165, 1.54) is 4.68 Å². The lowest BCUT2D eigenvalue weighted by Gasteiger charge is -2.05. The van der Waals surface area contributed by atoms with Gasteiger partial charge in [0.25, 0.3) is 0 Å². The molecule has 72 valence electrons. The first-order valence-electron chi connectivity index (χ1n) is 4.15. The summed E-state index contributed by atoms with van der Waals surface area (Å²) in [4.78, 5) is 10.8. The van der Waals surface area contributed by atoms with Crippen LogP contribution in [0.15, 0.2) is 0 Å². The van der Waals surface area contributed by atoms with E-state index < -0.39 is 5.97 Å². The van der Waals surface area contributed by atoms with E-state index in [1.54, 1.807) is 6.92 Å². The number of aryl methyl sites for hydroxylation is 1. The lowest BCUT2D eigenvalue weighted by atomic mass is 10.2. The van der Waals surface area contributed by atoms with E-state index in [4.69, 9.17) is 5.11 Å². The van der Waals surface area contributed by atoms with Crippen molar-refractivity contribution >= 4 is 5.97 Å². The van der Waals surface area contributed by atoms with E-state index in [0.29, 0.717) is 18.2 Å². The highest BCUT2D eigenvalue weighted by Gasteiger charge is 2.16. The summed E-state index contributed by atoms with van der Waals surface area (Å²) in [5.74, 6) is -0.609. The number of carboxylic acids is 1. The molecule has 0 aromatic carbocycles. The molecule has 1 N–H and O–H groups in total. The van der Waals surface area contributed by atoms with E-state index in [9.17, 15) is 4.79 Å². The largest absolute Gasteiger partial charge is 0.476 e. The standard InChI is InChI=1S/C8H13N3O2/c1-5(2)4-11-7(8(12)13)6(3)9-10-11/h5H,4H2,1-3H3,(H,12,13). The summed E-state index contributed by atoms with van der Waals surface area (Å²) >= 11 is 0. The van der Waals surface area contributed by atoms with Crippen molar-refractivity contribution in [1.82, 2.24) is 15.0 Å². The quantitative estimate of drug-likeness (QED) is 0.757. The zero-order valence-electron chi connectivity index (χ0n) is 7.98. The van der Waals surface area contributed by atoms with Gasteiger partial charge in [-0.15, -0.1) is 5.10 Å². The van der Waals surface area contributed by atoms with Crippen LogP contribution in [0.5, 0.6) is 0 Å². The van der Waals surface area contributed by atoms with Gasteiger partial charge in [0.15, 0.2) is 5.69 Å². The third-order valence-corrected chi connectivity index (χ3v) is 1.64. The van der Waals surface area contributed by atoms with E-state index in [2.05, 4.69) is 10.3 Å².